The minimum absolute atomic E-state index is 0.737. The van der Waals surface area contributed by atoms with Crippen molar-refractivity contribution in [1.82, 2.24) is 15.0 Å². The summed E-state index contributed by atoms with van der Waals surface area (Å²) in [6.07, 6.45) is 8.33. The van der Waals surface area contributed by atoms with Gasteiger partial charge in [-0.2, -0.15) is 0 Å². The number of nitrogens with zero attached hydrogens (tertiary/aromatic N) is 3. The molecule has 0 aliphatic heterocycles. The lowest BCUT2D eigenvalue weighted by molar-refractivity contribution is 1.09. The Hall–Kier alpha value is -2.06. The SMILES string of the molecule is CCC.Cc1ccncc1NCc1cc(P)c2nccnc2c1. The van der Waals surface area contributed by atoms with E-state index in [0.29, 0.717) is 0 Å². The molecule has 3 aromatic rings. The molecule has 120 valence electrons. The Bertz CT molecular complexity index is 774. The highest BCUT2D eigenvalue weighted by molar-refractivity contribution is 7.28. The molecule has 2 heterocycles. The van der Waals surface area contributed by atoms with E-state index in [1.54, 1.807) is 18.6 Å². The molecule has 0 radical (unpaired) electrons. The first-order valence-electron chi connectivity index (χ1n) is 7.79. The van der Waals surface area contributed by atoms with Gasteiger partial charge in [0.1, 0.15) is 0 Å². The van der Waals surface area contributed by atoms with Crippen LogP contribution in [-0.2, 0) is 6.54 Å². The van der Waals surface area contributed by atoms with E-state index in [4.69, 9.17) is 0 Å². The number of aryl methyl sites for hydroxylation is 1. The second kappa shape index (κ2) is 8.54. The molecule has 0 amide bonds. The van der Waals surface area contributed by atoms with Gasteiger partial charge in [-0.15, -0.1) is 9.24 Å². The van der Waals surface area contributed by atoms with Crippen LogP contribution in [0.1, 0.15) is 31.4 Å². The van der Waals surface area contributed by atoms with E-state index in [1.165, 1.54) is 17.5 Å². The highest BCUT2D eigenvalue weighted by Crippen LogP contribution is 2.15. The molecule has 1 aromatic carbocycles. The van der Waals surface area contributed by atoms with Crippen molar-refractivity contribution in [3.05, 3.63) is 54.1 Å². The van der Waals surface area contributed by atoms with Gasteiger partial charge in [0.2, 0.25) is 0 Å². The molecule has 0 saturated heterocycles. The second-order valence-corrected chi connectivity index (χ2v) is 5.98. The Morgan fingerprint density at radius 3 is 2.57 bits per heavy atom. The summed E-state index contributed by atoms with van der Waals surface area (Å²) in [5, 5.41) is 4.47. The number of aromatic nitrogens is 3. The molecule has 4 nitrogen and oxygen atoms in total. The fraction of sp³-hybridized carbons (Fsp3) is 0.278. The summed E-state index contributed by atoms with van der Waals surface area (Å²) in [6, 6.07) is 6.17. The Labute approximate surface area is 140 Å². The standard InChI is InChI=1S/C15H15N4P.C3H8/c1-10-2-3-16-9-13(10)19-8-11-6-12-15(14(20)7-11)18-5-4-17-12;1-3-2/h2-7,9,19H,8,20H2,1H3;3H2,1-2H3. The third kappa shape index (κ3) is 4.70. The summed E-state index contributed by atoms with van der Waals surface area (Å²) in [7, 11) is 2.72. The maximum absolute atomic E-state index is 4.36. The van der Waals surface area contributed by atoms with E-state index in [0.717, 1.165) is 28.6 Å². The number of anilines is 1. The molecule has 1 N–H and O–H groups in total. The molecule has 3 rings (SSSR count). The highest BCUT2D eigenvalue weighted by atomic mass is 31.0. The minimum atomic E-state index is 0.737. The topological polar surface area (TPSA) is 50.7 Å². The zero-order valence-electron chi connectivity index (χ0n) is 13.9. The first kappa shape index (κ1) is 17.3. The first-order chi connectivity index (χ1) is 11.2. The molecule has 1 unspecified atom stereocenters. The van der Waals surface area contributed by atoms with E-state index in [9.17, 15) is 0 Å². The van der Waals surface area contributed by atoms with E-state index >= 15 is 0 Å². The zero-order chi connectivity index (χ0) is 16.7. The van der Waals surface area contributed by atoms with Crippen LogP contribution in [0.25, 0.3) is 11.0 Å². The molecule has 0 spiro atoms. The Balaban J connectivity index is 0.000000595. The third-order valence-electron chi connectivity index (χ3n) is 3.19. The van der Waals surface area contributed by atoms with Crippen LogP contribution >= 0.6 is 9.24 Å². The molecule has 2 aromatic heterocycles. The quantitative estimate of drug-likeness (QED) is 0.743. The molecule has 23 heavy (non-hydrogen) atoms. The molecular formula is C18H23N4P. The van der Waals surface area contributed by atoms with Crippen LogP contribution in [0.5, 0.6) is 0 Å². The van der Waals surface area contributed by atoms with Crippen LogP contribution < -0.4 is 10.6 Å². The van der Waals surface area contributed by atoms with Gasteiger partial charge in [0.15, 0.2) is 0 Å². The molecule has 5 heteroatoms. The molecule has 0 aliphatic carbocycles. The van der Waals surface area contributed by atoms with Crippen LogP contribution in [0.2, 0.25) is 0 Å². The van der Waals surface area contributed by atoms with E-state index in [-0.39, 0.29) is 0 Å². The normalized spacial score (nSPS) is 10.1. The van der Waals surface area contributed by atoms with Gasteiger partial charge in [0.05, 0.1) is 22.9 Å². The van der Waals surface area contributed by atoms with Crippen molar-refractivity contribution in [3.63, 3.8) is 0 Å². The predicted octanol–water partition coefficient (Wildman–Crippen LogP) is 3.86. The number of benzene rings is 1. The predicted molar refractivity (Wildman–Crippen MR) is 101 cm³/mol. The lowest BCUT2D eigenvalue weighted by atomic mass is 10.1. The monoisotopic (exact) mass is 326 g/mol. The summed E-state index contributed by atoms with van der Waals surface area (Å²) < 4.78 is 0. The average Bonchev–Trinajstić information content (AvgIpc) is 2.55. The lowest BCUT2D eigenvalue weighted by Gasteiger charge is -2.10. The van der Waals surface area contributed by atoms with Crippen LogP contribution in [0.4, 0.5) is 5.69 Å². The largest absolute Gasteiger partial charge is 0.380 e. The fourth-order valence-corrected chi connectivity index (χ4v) is 2.55. The van der Waals surface area contributed by atoms with Gasteiger partial charge in [0.25, 0.3) is 0 Å². The summed E-state index contributed by atoms with van der Waals surface area (Å²) in [5.74, 6) is 0. The summed E-state index contributed by atoms with van der Waals surface area (Å²) in [4.78, 5) is 12.8. The third-order valence-corrected chi connectivity index (χ3v) is 3.63. The van der Waals surface area contributed by atoms with Crippen molar-refractivity contribution >= 4 is 31.3 Å². The highest BCUT2D eigenvalue weighted by Gasteiger charge is 2.04. The summed E-state index contributed by atoms with van der Waals surface area (Å²) in [6.45, 7) is 7.05. The molecule has 1 atom stereocenters. The van der Waals surface area contributed by atoms with Crippen molar-refractivity contribution in [2.45, 2.75) is 33.7 Å². The van der Waals surface area contributed by atoms with Crippen molar-refractivity contribution in [2.24, 2.45) is 0 Å². The number of hydrogen-bond acceptors (Lipinski definition) is 4. The van der Waals surface area contributed by atoms with Gasteiger partial charge in [-0.1, -0.05) is 20.3 Å². The van der Waals surface area contributed by atoms with Crippen molar-refractivity contribution < 1.29 is 0 Å². The average molecular weight is 326 g/mol. The Morgan fingerprint density at radius 2 is 1.83 bits per heavy atom. The van der Waals surface area contributed by atoms with Gasteiger partial charge in [-0.3, -0.25) is 15.0 Å². The van der Waals surface area contributed by atoms with Crippen LogP contribution in [0.3, 0.4) is 0 Å². The molecular weight excluding hydrogens is 303 g/mol. The maximum Gasteiger partial charge on any atom is 0.0958 e. The summed E-state index contributed by atoms with van der Waals surface area (Å²) in [5.41, 5.74) is 5.26. The van der Waals surface area contributed by atoms with Gasteiger partial charge >= 0.3 is 0 Å². The second-order valence-electron chi connectivity index (χ2n) is 5.36. The Morgan fingerprint density at radius 1 is 1.09 bits per heavy atom. The van der Waals surface area contributed by atoms with Crippen molar-refractivity contribution in [1.29, 1.82) is 0 Å². The number of pyridine rings is 1. The molecule has 0 aliphatic rings. The minimum Gasteiger partial charge on any atom is -0.380 e. The number of fused-ring (bicyclic) bond motifs is 1. The van der Waals surface area contributed by atoms with E-state index in [1.807, 2.05) is 12.3 Å². The molecule has 0 saturated carbocycles. The molecule has 0 fully saturated rings. The Kier molecular flexibility index (Phi) is 6.42. The van der Waals surface area contributed by atoms with Crippen molar-refractivity contribution in [2.75, 3.05) is 5.32 Å². The van der Waals surface area contributed by atoms with Crippen LogP contribution in [0.15, 0.2) is 43.0 Å². The van der Waals surface area contributed by atoms with Gasteiger partial charge in [-0.05, 0) is 41.6 Å². The first-order valence-corrected chi connectivity index (χ1v) is 8.37. The van der Waals surface area contributed by atoms with Gasteiger partial charge in [0, 0.05) is 25.1 Å². The van der Waals surface area contributed by atoms with Crippen molar-refractivity contribution in [3.8, 4) is 0 Å². The maximum atomic E-state index is 4.36. The smallest absolute Gasteiger partial charge is 0.0958 e. The van der Waals surface area contributed by atoms with Gasteiger partial charge < -0.3 is 5.32 Å². The number of nitrogens with one attached hydrogen (secondary N) is 1. The zero-order valence-corrected chi connectivity index (χ0v) is 15.0. The van der Waals surface area contributed by atoms with E-state index < -0.39 is 0 Å². The summed E-state index contributed by atoms with van der Waals surface area (Å²) >= 11 is 0. The fourth-order valence-electron chi connectivity index (χ4n) is 2.11. The van der Waals surface area contributed by atoms with Crippen LogP contribution in [-0.4, -0.2) is 15.0 Å². The molecule has 0 bridgehead atoms. The number of rotatable bonds is 3. The van der Waals surface area contributed by atoms with Crippen LogP contribution in [0, 0.1) is 6.92 Å². The van der Waals surface area contributed by atoms with Gasteiger partial charge in [-0.25, -0.2) is 0 Å². The van der Waals surface area contributed by atoms with E-state index in [2.05, 4.69) is 62.4 Å². The number of hydrogen-bond donors (Lipinski definition) is 1. The lowest BCUT2D eigenvalue weighted by Crippen LogP contribution is -2.05.